The van der Waals surface area contributed by atoms with Gasteiger partial charge < -0.3 is 101 Å². The number of aromatic nitrogens is 1. The number of aliphatic hydroxyl groups excluding tert-OH is 3. The second-order valence-corrected chi connectivity index (χ2v) is 21.9. The number of guanidine groups is 1. The summed E-state index contributed by atoms with van der Waals surface area (Å²) in [6, 6.07) is -9.26. The topological polar surface area (TPSA) is 546 Å². The molecule has 1 aromatic heterocycles. The van der Waals surface area contributed by atoms with Crippen molar-refractivity contribution in [2.75, 3.05) is 13.2 Å². The molecule has 0 aliphatic rings. The lowest BCUT2D eigenvalue weighted by Crippen LogP contribution is -2.63. The molecular formula is C55H89N15O17. The number of carboxylic acid groups (broad SMARTS) is 2. The van der Waals surface area contributed by atoms with Crippen LogP contribution in [0.5, 0.6) is 0 Å². The maximum absolute atomic E-state index is 14.6. The SMILES string of the molecule is CC[C@H](C)[C@H](NC(=O)[C@H](CCCN=C(N)N)NC(=O)[C@H](CCC(=O)O)NC(=O)[C@H](CC(C)C)NC(=O)[C@H](CC(N)=O)NC(=O)[C@H](Cc1c[nH]c2ccccc12)NC(=O)[C@@H](NC(=O)[C@@H](NC(=O)[C@@H](N)CO)[C@@H](C)CC)[C@@H](C)O)C(=O)N[C@H](C(=O)O)[C@@H](C)O. The van der Waals surface area contributed by atoms with Crippen molar-refractivity contribution >= 4 is 87.9 Å². The number of nitrogens with one attached hydrogen (secondary N) is 10. The molecule has 2 rings (SSSR count). The zero-order chi connectivity index (χ0) is 66.0. The predicted octanol–water partition coefficient (Wildman–Crippen LogP) is -4.83. The van der Waals surface area contributed by atoms with Crippen molar-refractivity contribution in [2.45, 2.75) is 186 Å². The van der Waals surface area contributed by atoms with Gasteiger partial charge in [-0.05, 0) is 68.9 Å². The van der Waals surface area contributed by atoms with Gasteiger partial charge in [-0.2, -0.15) is 0 Å². The smallest absolute Gasteiger partial charge is 0.328 e. The Kier molecular flexibility index (Phi) is 31.3. The van der Waals surface area contributed by atoms with Gasteiger partial charge in [0.25, 0.3) is 0 Å². The second-order valence-electron chi connectivity index (χ2n) is 21.9. The number of hydrogen-bond donors (Lipinski definition) is 19. The number of benzene rings is 1. The number of amides is 10. The number of fused-ring (bicyclic) bond motifs is 1. The zero-order valence-corrected chi connectivity index (χ0v) is 50.2. The fourth-order valence-corrected chi connectivity index (χ4v) is 8.78. The zero-order valence-electron chi connectivity index (χ0n) is 50.2. The maximum Gasteiger partial charge on any atom is 0.328 e. The molecule has 0 saturated heterocycles. The standard InChI is InChI=1S/C55H89N15O17/c1-9-26(5)41(67-45(77)32(56)24-71)51(83)69-43(28(7)72)53(85)66-37(21-30-23-61-33-15-12-11-14-31(30)33)49(81)65-38(22-39(57)74)50(82)64-36(20-25(3)4)48(80)63-35(17-18-40(75)76)46(78)62-34(16-13-19-60-55(58)59)47(79)68-42(27(6)10-2)52(84)70-44(29(8)73)54(86)87/h11-12,14-15,23,25-29,32,34-38,41-44,61,71-73H,9-10,13,16-22,24,56H2,1-8H3,(H2,57,74)(H,62,78)(H,63,80)(H,64,82)(H,65,81)(H,66,85)(H,67,77)(H,68,79)(H,69,83)(H,70,84)(H,75,76)(H,86,87)(H4,58,59,60)/t26-,27-,28+,29+,32-,34-,35-,36-,37-,38-,41-,42-,43-,44-/m0/s1. The molecule has 0 saturated carbocycles. The molecule has 10 amide bonds. The fourth-order valence-electron chi connectivity index (χ4n) is 8.78. The number of carbonyl (C=O) groups is 12. The van der Waals surface area contributed by atoms with Crippen LogP contribution in [0, 0.1) is 17.8 Å². The first-order valence-electron chi connectivity index (χ1n) is 28.6. The Labute approximate surface area is 503 Å². The average Bonchev–Trinajstić information content (AvgIpc) is 2.29. The number of primary amides is 1. The molecule has 2 aromatic rings. The summed E-state index contributed by atoms with van der Waals surface area (Å²) in [6.45, 7) is 11.4. The van der Waals surface area contributed by atoms with Crippen molar-refractivity contribution in [1.29, 1.82) is 0 Å². The van der Waals surface area contributed by atoms with Gasteiger partial charge in [0.1, 0.15) is 54.4 Å². The largest absolute Gasteiger partial charge is 0.481 e. The Hall–Kier alpha value is -8.49. The van der Waals surface area contributed by atoms with Crippen LogP contribution in [0.3, 0.4) is 0 Å². The van der Waals surface area contributed by atoms with Crippen LogP contribution in [0.1, 0.15) is 112 Å². The van der Waals surface area contributed by atoms with Crippen molar-refractivity contribution in [3.63, 3.8) is 0 Å². The lowest BCUT2D eigenvalue weighted by molar-refractivity contribution is -0.145. The van der Waals surface area contributed by atoms with Crippen LogP contribution >= 0.6 is 0 Å². The van der Waals surface area contributed by atoms with Crippen LogP contribution in [0.2, 0.25) is 0 Å². The number of aliphatic hydroxyl groups is 3. The van der Waals surface area contributed by atoms with E-state index >= 15 is 0 Å². The third-order valence-electron chi connectivity index (χ3n) is 14.2. The van der Waals surface area contributed by atoms with Crippen LogP contribution in [-0.2, 0) is 64.0 Å². The van der Waals surface area contributed by atoms with Gasteiger partial charge in [-0.25, -0.2) is 4.79 Å². The number of carboxylic acids is 2. The van der Waals surface area contributed by atoms with Crippen molar-refractivity contribution in [1.82, 2.24) is 52.8 Å². The van der Waals surface area contributed by atoms with Crippen molar-refractivity contribution in [3.8, 4) is 0 Å². The molecule has 0 unspecified atom stereocenters. The molecule has 1 heterocycles. The third-order valence-corrected chi connectivity index (χ3v) is 14.2. The molecule has 32 nitrogen and oxygen atoms in total. The normalized spacial score (nSPS) is 16.1. The van der Waals surface area contributed by atoms with Gasteiger partial charge in [-0.3, -0.25) is 57.7 Å². The number of aliphatic imine (C=N–C) groups is 1. The fraction of sp³-hybridized carbons (Fsp3) is 0.618. The summed E-state index contributed by atoms with van der Waals surface area (Å²) >= 11 is 0. The van der Waals surface area contributed by atoms with Crippen LogP contribution in [-0.4, -0.2) is 193 Å². The molecule has 1 aromatic carbocycles. The van der Waals surface area contributed by atoms with E-state index in [1.54, 1.807) is 72.0 Å². The number of carbonyl (C=O) groups excluding carboxylic acids is 10. The highest BCUT2D eigenvalue weighted by atomic mass is 16.4. The Morgan fingerprint density at radius 3 is 1.52 bits per heavy atom. The van der Waals surface area contributed by atoms with Crippen LogP contribution in [0.15, 0.2) is 35.5 Å². The van der Waals surface area contributed by atoms with Gasteiger partial charge in [0.15, 0.2) is 12.0 Å². The van der Waals surface area contributed by atoms with Gasteiger partial charge in [0, 0.05) is 36.5 Å². The molecule has 32 heteroatoms. The number of nitrogens with two attached hydrogens (primary N) is 4. The monoisotopic (exact) mass is 1230 g/mol. The van der Waals surface area contributed by atoms with Crippen molar-refractivity contribution in [3.05, 3.63) is 36.0 Å². The van der Waals surface area contributed by atoms with Gasteiger partial charge in [0.2, 0.25) is 59.1 Å². The molecule has 486 valence electrons. The summed E-state index contributed by atoms with van der Waals surface area (Å²) in [5.41, 5.74) is 23.3. The molecule has 0 bridgehead atoms. The number of para-hydroxylation sites is 1. The highest BCUT2D eigenvalue weighted by molar-refractivity contribution is 6.00. The predicted molar refractivity (Wildman–Crippen MR) is 314 cm³/mol. The molecule has 0 fully saturated rings. The van der Waals surface area contributed by atoms with Crippen LogP contribution in [0.4, 0.5) is 0 Å². The first-order valence-corrected chi connectivity index (χ1v) is 28.6. The average molecular weight is 1230 g/mol. The van der Waals surface area contributed by atoms with Gasteiger partial charge in [-0.15, -0.1) is 0 Å². The molecular weight excluding hydrogens is 1140 g/mol. The molecule has 87 heavy (non-hydrogen) atoms. The maximum atomic E-state index is 14.6. The van der Waals surface area contributed by atoms with Gasteiger partial charge >= 0.3 is 11.9 Å². The van der Waals surface area contributed by atoms with E-state index < -0.39 is 187 Å². The Morgan fingerprint density at radius 1 is 0.563 bits per heavy atom. The number of hydrogen-bond acceptors (Lipinski definition) is 17. The quantitative estimate of drug-likeness (QED) is 0.0170. The molecule has 0 radical (unpaired) electrons. The minimum Gasteiger partial charge on any atom is -0.481 e. The highest BCUT2D eigenvalue weighted by Crippen LogP contribution is 2.20. The first kappa shape index (κ1) is 74.6. The molecule has 23 N–H and O–H groups in total. The summed E-state index contributed by atoms with van der Waals surface area (Å²) in [6.07, 6.45) is -3.95. The van der Waals surface area contributed by atoms with Crippen LogP contribution < -0.4 is 70.8 Å². The summed E-state index contributed by atoms with van der Waals surface area (Å²) in [5, 5.41) is 72.1. The third kappa shape index (κ3) is 24.8. The minimum absolute atomic E-state index is 0.0262. The van der Waals surface area contributed by atoms with E-state index in [9.17, 15) is 83.1 Å². The molecule has 14 atom stereocenters. The van der Waals surface area contributed by atoms with E-state index in [2.05, 4.69) is 57.8 Å². The van der Waals surface area contributed by atoms with E-state index in [1.807, 2.05) is 0 Å². The number of aliphatic carboxylic acids is 2. The second kappa shape index (κ2) is 36.5. The lowest BCUT2D eigenvalue weighted by atomic mass is 9.96. The summed E-state index contributed by atoms with van der Waals surface area (Å²) in [5.74, 6) is -15.4. The molecule has 0 aliphatic heterocycles. The summed E-state index contributed by atoms with van der Waals surface area (Å²) < 4.78 is 0. The summed E-state index contributed by atoms with van der Waals surface area (Å²) in [7, 11) is 0. The van der Waals surface area contributed by atoms with Crippen LogP contribution in [0.25, 0.3) is 10.9 Å². The highest BCUT2D eigenvalue weighted by Gasteiger charge is 2.39. The van der Waals surface area contributed by atoms with Crippen molar-refractivity contribution in [2.24, 2.45) is 45.7 Å². The molecule has 0 aliphatic carbocycles. The first-order chi connectivity index (χ1) is 40.8. The van der Waals surface area contributed by atoms with Crippen molar-refractivity contribution < 1.29 is 83.1 Å². The van der Waals surface area contributed by atoms with E-state index in [1.165, 1.54) is 6.92 Å². The number of aromatic amines is 1. The Morgan fingerprint density at radius 2 is 1.01 bits per heavy atom. The van der Waals surface area contributed by atoms with Gasteiger partial charge in [0.05, 0.1) is 25.2 Å². The molecule has 0 spiro atoms. The summed E-state index contributed by atoms with van der Waals surface area (Å²) in [4.78, 5) is 169. The Bertz CT molecular complexity index is 2730. The van der Waals surface area contributed by atoms with Gasteiger partial charge in [-0.1, -0.05) is 72.6 Å². The minimum atomic E-state index is -1.88. The van der Waals surface area contributed by atoms with E-state index in [-0.39, 0.29) is 44.6 Å². The van der Waals surface area contributed by atoms with E-state index in [0.717, 1.165) is 6.92 Å². The lowest BCUT2D eigenvalue weighted by Gasteiger charge is -2.30. The van der Waals surface area contributed by atoms with E-state index in [4.69, 9.17) is 22.9 Å². The number of rotatable bonds is 39. The number of H-pyrrole nitrogens is 1. The van der Waals surface area contributed by atoms with E-state index in [0.29, 0.717) is 22.9 Å². The number of nitrogens with zero attached hydrogens (tertiary/aromatic N) is 1. The Balaban J connectivity index is 2.60.